The minimum Gasteiger partial charge on any atom is -0.493 e. The predicted octanol–water partition coefficient (Wildman–Crippen LogP) is 0.975. The van der Waals surface area contributed by atoms with Crippen molar-refractivity contribution in [2.45, 2.75) is 24.7 Å². The minimum atomic E-state index is -3.20. The maximum atomic E-state index is 11.6. The van der Waals surface area contributed by atoms with Gasteiger partial charge in [0.25, 0.3) is 0 Å². The summed E-state index contributed by atoms with van der Waals surface area (Å²) in [5.74, 6) is 0.482. The highest BCUT2D eigenvalue weighted by atomic mass is 32.2. The largest absolute Gasteiger partial charge is 0.493 e. The van der Waals surface area contributed by atoms with Crippen LogP contribution in [-0.2, 0) is 14.6 Å². The first-order valence-corrected chi connectivity index (χ1v) is 9.23. The van der Waals surface area contributed by atoms with E-state index >= 15 is 0 Å². The molecule has 0 heterocycles. The van der Waals surface area contributed by atoms with Crippen molar-refractivity contribution >= 4 is 15.7 Å². The zero-order valence-electron chi connectivity index (χ0n) is 13.1. The lowest BCUT2D eigenvalue weighted by Crippen LogP contribution is -2.32. The van der Waals surface area contributed by atoms with Gasteiger partial charge < -0.3 is 15.4 Å². The van der Waals surface area contributed by atoms with Crippen molar-refractivity contribution in [3.63, 3.8) is 0 Å². The number of carbonyl (C=O) groups is 1. The van der Waals surface area contributed by atoms with Gasteiger partial charge in [-0.15, -0.1) is 0 Å². The van der Waals surface area contributed by atoms with E-state index in [4.69, 9.17) is 4.74 Å². The molecule has 22 heavy (non-hydrogen) atoms. The van der Waals surface area contributed by atoms with E-state index in [9.17, 15) is 13.2 Å². The highest BCUT2D eigenvalue weighted by Gasteiger charge is 2.07. The van der Waals surface area contributed by atoms with E-state index in [2.05, 4.69) is 17.6 Å². The molecule has 1 amide bonds. The Morgan fingerprint density at radius 3 is 2.41 bits per heavy atom. The molecule has 0 saturated carbocycles. The first kappa shape index (κ1) is 18.4. The average molecular weight is 328 g/mol. The Hall–Kier alpha value is -1.60. The summed E-state index contributed by atoms with van der Waals surface area (Å²) in [6.07, 6.45) is 2.49. The van der Waals surface area contributed by atoms with Gasteiger partial charge in [-0.2, -0.15) is 0 Å². The van der Waals surface area contributed by atoms with Gasteiger partial charge in [0.05, 0.1) is 17.9 Å². The fourth-order valence-electron chi connectivity index (χ4n) is 1.73. The van der Waals surface area contributed by atoms with Gasteiger partial charge in [-0.05, 0) is 37.2 Å². The molecule has 0 saturated heterocycles. The summed E-state index contributed by atoms with van der Waals surface area (Å²) in [7, 11) is -3.20. The van der Waals surface area contributed by atoms with E-state index in [0.29, 0.717) is 12.3 Å². The van der Waals surface area contributed by atoms with Gasteiger partial charge in [-0.25, -0.2) is 8.42 Å². The first-order valence-electron chi connectivity index (χ1n) is 7.34. The molecule has 0 bridgehead atoms. The molecule has 0 radical (unpaired) electrons. The molecule has 2 N–H and O–H groups in total. The van der Waals surface area contributed by atoms with Crippen LogP contribution in [0.2, 0.25) is 0 Å². The van der Waals surface area contributed by atoms with Crippen LogP contribution in [0.1, 0.15) is 19.8 Å². The molecule has 0 atom stereocenters. The third-order valence-corrected chi connectivity index (χ3v) is 4.03. The maximum Gasteiger partial charge on any atom is 0.223 e. The zero-order chi connectivity index (χ0) is 16.4. The summed E-state index contributed by atoms with van der Waals surface area (Å²) < 4.78 is 28.0. The van der Waals surface area contributed by atoms with Crippen LogP contribution in [0.15, 0.2) is 29.2 Å². The molecule has 0 spiro atoms. The molecular weight excluding hydrogens is 304 g/mol. The number of sulfone groups is 1. The van der Waals surface area contributed by atoms with Crippen molar-refractivity contribution in [1.82, 2.24) is 10.6 Å². The van der Waals surface area contributed by atoms with Gasteiger partial charge in [0.2, 0.25) is 5.91 Å². The smallest absolute Gasteiger partial charge is 0.223 e. The Balaban J connectivity index is 2.22. The lowest BCUT2D eigenvalue weighted by Gasteiger charge is -2.08. The van der Waals surface area contributed by atoms with Crippen LogP contribution in [0.3, 0.4) is 0 Å². The second-order valence-corrected chi connectivity index (χ2v) is 6.96. The summed E-state index contributed by atoms with van der Waals surface area (Å²) in [5.41, 5.74) is 0. The minimum absolute atomic E-state index is 0.0638. The first-order chi connectivity index (χ1) is 10.4. The molecule has 0 aromatic heterocycles. The van der Waals surface area contributed by atoms with Gasteiger partial charge in [-0.3, -0.25) is 4.79 Å². The molecule has 1 aromatic rings. The van der Waals surface area contributed by atoms with Gasteiger partial charge >= 0.3 is 0 Å². The lowest BCUT2D eigenvalue weighted by atomic mass is 10.3. The monoisotopic (exact) mass is 328 g/mol. The van der Waals surface area contributed by atoms with Crippen molar-refractivity contribution in [3.05, 3.63) is 24.3 Å². The Morgan fingerprint density at radius 1 is 1.14 bits per heavy atom. The number of amides is 1. The van der Waals surface area contributed by atoms with E-state index in [1.54, 1.807) is 12.1 Å². The van der Waals surface area contributed by atoms with Crippen LogP contribution in [0.4, 0.5) is 0 Å². The third kappa shape index (κ3) is 7.42. The molecule has 124 valence electrons. The van der Waals surface area contributed by atoms with Crippen molar-refractivity contribution in [1.29, 1.82) is 0 Å². The van der Waals surface area contributed by atoms with Gasteiger partial charge in [0.15, 0.2) is 9.84 Å². The Morgan fingerprint density at radius 2 is 1.82 bits per heavy atom. The Bertz CT molecular complexity index is 555. The van der Waals surface area contributed by atoms with Crippen molar-refractivity contribution in [2.24, 2.45) is 0 Å². The SMILES string of the molecule is CCCNCCNC(=O)CCOc1ccc(S(C)(=O)=O)cc1. The van der Waals surface area contributed by atoms with Crippen molar-refractivity contribution in [2.75, 3.05) is 32.5 Å². The molecular formula is C15H24N2O4S. The van der Waals surface area contributed by atoms with Crippen molar-refractivity contribution in [3.8, 4) is 5.75 Å². The molecule has 7 heteroatoms. The summed E-state index contributed by atoms with van der Waals surface area (Å²) in [6, 6.07) is 6.15. The van der Waals surface area contributed by atoms with Crippen LogP contribution in [0, 0.1) is 0 Å². The number of hydrogen-bond acceptors (Lipinski definition) is 5. The molecule has 0 aliphatic carbocycles. The fourth-order valence-corrected chi connectivity index (χ4v) is 2.36. The van der Waals surface area contributed by atoms with E-state index < -0.39 is 9.84 Å². The molecule has 0 aliphatic heterocycles. The second kappa shape index (κ2) is 9.42. The van der Waals surface area contributed by atoms with Gasteiger partial charge in [0, 0.05) is 19.3 Å². The molecule has 1 aromatic carbocycles. The highest BCUT2D eigenvalue weighted by molar-refractivity contribution is 7.90. The summed E-state index contributed by atoms with van der Waals surface area (Å²) in [6.45, 7) is 4.65. The third-order valence-electron chi connectivity index (χ3n) is 2.90. The van der Waals surface area contributed by atoms with E-state index in [0.717, 1.165) is 25.8 Å². The summed E-state index contributed by atoms with van der Waals surface area (Å²) >= 11 is 0. The summed E-state index contributed by atoms with van der Waals surface area (Å²) in [5, 5.41) is 5.99. The maximum absolute atomic E-state index is 11.6. The zero-order valence-corrected chi connectivity index (χ0v) is 13.9. The average Bonchev–Trinajstić information content (AvgIpc) is 2.46. The van der Waals surface area contributed by atoms with Crippen LogP contribution < -0.4 is 15.4 Å². The quantitative estimate of drug-likeness (QED) is 0.625. The highest BCUT2D eigenvalue weighted by Crippen LogP contribution is 2.15. The predicted molar refractivity (Wildman–Crippen MR) is 85.8 cm³/mol. The van der Waals surface area contributed by atoms with Crippen LogP contribution >= 0.6 is 0 Å². The van der Waals surface area contributed by atoms with Gasteiger partial charge in [0.1, 0.15) is 5.75 Å². The number of nitrogens with one attached hydrogen (secondary N) is 2. The number of carbonyl (C=O) groups excluding carboxylic acids is 1. The molecule has 0 unspecified atom stereocenters. The van der Waals surface area contributed by atoms with Crippen molar-refractivity contribution < 1.29 is 17.9 Å². The topological polar surface area (TPSA) is 84.5 Å². The fraction of sp³-hybridized carbons (Fsp3) is 0.533. The second-order valence-electron chi connectivity index (χ2n) is 4.94. The van der Waals surface area contributed by atoms with Crippen LogP contribution in [-0.4, -0.2) is 46.8 Å². The number of rotatable bonds is 10. The van der Waals surface area contributed by atoms with Crippen LogP contribution in [0.5, 0.6) is 5.75 Å². The lowest BCUT2D eigenvalue weighted by molar-refractivity contribution is -0.121. The normalized spacial score (nSPS) is 11.2. The number of ether oxygens (including phenoxy) is 1. The molecule has 0 aliphatic rings. The summed E-state index contributed by atoms with van der Waals surface area (Å²) in [4.78, 5) is 11.8. The van der Waals surface area contributed by atoms with Gasteiger partial charge in [-0.1, -0.05) is 6.92 Å². The Labute approximate surface area is 132 Å². The number of hydrogen-bond donors (Lipinski definition) is 2. The molecule has 6 nitrogen and oxygen atoms in total. The van der Waals surface area contributed by atoms with E-state index in [1.165, 1.54) is 12.1 Å². The standard InChI is InChI=1S/C15H24N2O4S/c1-3-9-16-10-11-17-15(18)8-12-21-13-4-6-14(7-5-13)22(2,19)20/h4-7,16H,3,8-12H2,1-2H3,(H,17,18). The Kier molecular flexibility index (Phi) is 7.90. The van der Waals surface area contributed by atoms with E-state index in [-0.39, 0.29) is 23.8 Å². The van der Waals surface area contributed by atoms with Crippen LogP contribution in [0.25, 0.3) is 0 Å². The molecule has 0 fully saturated rings. The molecule has 1 rings (SSSR count). The van der Waals surface area contributed by atoms with E-state index in [1.807, 2.05) is 0 Å². The number of benzene rings is 1.